The lowest BCUT2D eigenvalue weighted by Crippen LogP contribution is -2.48. The van der Waals surface area contributed by atoms with Crippen LogP contribution in [0.3, 0.4) is 0 Å². The van der Waals surface area contributed by atoms with Crippen LogP contribution in [0.5, 0.6) is 5.75 Å². The molecule has 4 aromatic carbocycles. The van der Waals surface area contributed by atoms with Crippen LogP contribution in [-0.2, 0) is 9.59 Å². The summed E-state index contributed by atoms with van der Waals surface area (Å²) in [6.45, 7) is 4.85. The monoisotopic (exact) mass is 923 g/mol. The summed E-state index contributed by atoms with van der Waals surface area (Å²) in [5.41, 5.74) is 4.38. The molecule has 1 unspecified atom stereocenters. The van der Waals surface area contributed by atoms with Crippen molar-refractivity contribution in [2.75, 3.05) is 79.1 Å². The van der Waals surface area contributed by atoms with E-state index < -0.39 is 47.0 Å². The van der Waals surface area contributed by atoms with E-state index in [1.807, 2.05) is 4.90 Å². The molecular formula is C47H49F4N11O5. The van der Waals surface area contributed by atoms with Crippen molar-refractivity contribution in [2.45, 2.75) is 38.1 Å². The van der Waals surface area contributed by atoms with Crippen LogP contribution in [0.4, 0.5) is 57.8 Å². The van der Waals surface area contributed by atoms with Gasteiger partial charge in [-0.05, 0) is 92.7 Å². The van der Waals surface area contributed by atoms with E-state index in [1.165, 1.54) is 43.5 Å². The number of aromatic nitrogens is 2. The van der Waals surface area contributed by atoms with E-state index in [9.17, 15) is 28.0 Å². The van der Waals surface area contributed by atoms with Gasteiger partial charge in [-0.2, -0.15) is 4.98 Å². The Labute approximate surface area is 383 Å². The number of ether oxygens (including phenoxy) is 1. The number of carbonyl (C=O) groups is 4. The van der Waals surface area contributed by atoms with Gasteiger partial charge in [0.15, 0.2) is 11.6 Å². The third-order valence-corrected chi connectivity index (χ3v) is 12.0. The summed E-state index contributed by atoms with van der Waals surface area (Å²) in [5.74, 6) is -3.98. The summed E-state index contributed by atoms with van der Waals surface area (Å²) in [6, 6.07) is 18.1. The normalized spacial score (nSPS) is 17.1. The number of imide groups is 1. The quantitative estimate of drug-likeness (QED) is 0.0490. The van der Waals surface area contributed by atoms with Crippen molar-refractivity contribution < 1.29 is 41.5 Å². The maximum Gasteiger partial charge on any atom is 0.268 e. The summed E-state index contributed by atoms with van der Waals surface area (Å²) < 4.78 is 65.0. The molecule has 0 bridgehead atoms. The van der Waals surface area contributed by atoms with E-state index in [0.29, 0.717) is 67.0 Å². The molecule has 3 aliphatic rings. The summed E-state index contributed by atoms with van der Waals surface area (Å²) in [4.78, 5) is 61.8. The standard InChI is InChI=1S/C47H49F4N11O5/c1-67-41-26-40(36(50)25-39(41)56-38-12-13-42(63)57-46(38)66)61-22-20-60(21-23-61)17-14-28-15-18-62(19-16-28)59-45(65)33-11-10-31(24-35(33)49)55-47-52-27-37(51)43(58-47)53-29-6-8-30(9-7-29)54-44(64)32-4-2-3-5-34(32)48/h2-11,24-28,38,56H,12-23H2,1H3,(H,54,64)(H,59,65)(H,57,63,66)(H2,52,53,55,58). The minimum Gasteiger partial charge on any atom is -0.495 e. The molecule has 6 N–H and O–H groups in total. The minimum atomic E-state index is -0.777. The van der Waals surface area contributed by atoms with Crippen LogP contribution < -0.4 is 41.6 Å². The molecule has 3 saturated heterocycles. The molecule has 20 heteroatoms. The van der Waals surface area contributed by atoms with Gasteiger partial charge in [-0.3, -0.25) is 34.8 Å². The number of piperidine rings is 2. The first-order valence-electron chi connectivity index (χ1n) is 21.9. The van der Waals surface area contributed by atoms with E-state index in [2.05, 4.69) is 46.9 Å². The van der Waals surface area contributed by atoms with Crippen LogP contribution in [0.1, 0.15) is 52.8 Å². The molecule has 0 radical (unpaired) electrons. The average Bonchev–Trinajstić information content (AvgIpc) is 3.32. The predicted molar refractivity (Wildman–Crippen MR) is 244 cm³/mol. The SMILES string of the molecule is COc1cc(N2CCN(CCC3CCN(NC(=O)c4ccc(Nc5ncc(F)c(Nc6ccc(NC(=O)c7ccccc7F)cc6)n5)cc4F)CC3)CC2)c(F)cc1NC1CCC(=O)NC1=O. The molecule has 3 fully saturated rings. The highest BCUT2D eigenvalue weighted by Crippen LogP contribution is 2.35. The highest BCUT2D eigenvalue weighted by atomic mass is 19.1. The Morgan fingerprint density at radius 1 is 0.761 bits per heavy atom. The number of anilines is 7. The second kappa shape index (κ2) is 20.9. The molecule has 1 atom stereocenters. The lowest BCUT2D eigenvalue weighted by Gasteiger charge is -2.38. The van der Waals surface area contributed by atoms with Crippen LogP contribution in [0, 0.1) is 29.2 Å². The number of piperazine rings is 1. The number of hydrogen-bond donors (Lipinski definition) is 6. The molecule has 350 valence electrons. The Morgan fingerprint density at radius 3 is 2.19 bits per heavy atom. The fourth-order valence-electron chi connectivity index (χ4n) is 8.24. The smallest absolute Gasteiger partial charge is 0.268 e. The summed E-state index contributed by atoms with van der Waals surface area (Å²) in [6.07, 6.45) is 4.12. The molecule has 1 aromatic heterocycles. The van der Waals surface area contributed by atoms with Crippen LogP contribution in [0.2, 0.25) is 0 Å². The van der Waals surface area contributed by atoms with E-state index in [1.54, 1.807) is 41.4 Å². The Hall–Kier alpha value is -7.32. The van der Waals surface area contributed by atoms with Gasteiger partial charge >= 0.3 is 0 Å². The molecule has 0 aliphatic carbocycles. The molecule has 4 amide bonds. The summed E-state index contributed by atoms with van der Waals surface area (Å²) >= 11 is 0. The number of halogens is 4. The molecule has 4 heterocycles. The van der Waals surface area contributed by atoms with Crippen molar-refractivity contribution in [1.29, 1.82) is 0 Å². The van der Waals surface area contributed by atoms with Crippen molar-refractivity contribution >= 4 is 63.8 Å². The Balaban J connectivity index is 0.759. The van der Waals surface area contributed by atoms with Gasteiger partial charge in [0.05, 0.1) is 35.8 Å². The number of hydrazine groups is 1. The van der Waals surface area contributed by atoms with E-state index in [0.717, 1.165) is 51.2 Å². The Bertz CT molecular complexity index is 2630. The van der Waals surface area contributed by atoms with Gasteiger partial charge in [0.25, 0.3) is 11.8 Å². The lowest BCUT2D eigenvalue weighted by molar-refractivity contribution is -0.133. The number of rotatable bonds is 15. The van der Waals surface area contributed by atoms with Crippen LogP contribution in [0.15, 0.2) is 85.1 Å². The highest BCUT2D eigenvalue weighted by Gasteiger charge is 2.29. The van der Waals surface area contributed by atoms with Crippen LogP contribution >= 0.6 is 0 Å². The van der Waals surface area contributed by atoms with Crippen molar-refractivity contribution in [3.8, 4) is 5.75 Å². The maximum atomic E-state index is 15.4. The number of benzene rings is 4. The number of amides is 4. The molecule has 8 rings (SSSR count). The molecule has 16 nitrogen and oxygen atoms in total. The van der Waals surface area contributed by atoms with Crippen molar-refractivity contribution in [2.24, 2.45) is 5.92 Å². The van der Waals surface area contributed by atoms with E-state index >= 15 is 8.78 Å². The second-order valence-electron chi connectivity index (χ2n) is 16.5. The molecule has 0 saturated carbocycles. The van der Waals surface area contributed by atoms with Gasteiger partial charge in [-0.25, -0.2) is 27.6 Å². The second-order valence-corrected chi connectivity index (χ2v) is 16.5. The molecule has 5 aromatic rings. The molecule has 0 spiro atoms. The summed E-state index contributed by atoms with van der Waals surface area (Å²) in [7, 11) is 1.49. The van der Waals surface area contributed by atoms with Crippen LogP contribution in [0.25, 0.3) is 0 Å². The zero-order valence-electron chi connectivity index (χ0n) is 36.5. The average molecular weight is 924 g/mol. The first kappa shape index (κ1) is 46.2. The zero-order valence-corrected chi connectivity index (χ0v) is 36.5. The highest BCUT2D eigenvalue weighted by molar-refractivity contribution is 6.04. The first-order chi connectivity index (χ1) is 32.4. The van der Waals surface area contributed by atoms with Crippen LogP contribution in [-0.4, -0.2) is 102 Å². The number of methoxy groups -OCH3 is 1. The van der Waals surface area contributed by atoms with E-state index in [-0.39, 0.29) is 40.9 Å². The Morgan fingerprint density at radius 2 is 1.48 bits per heavy atom. The number of carbonyl (C=O) groups excluding carboxylic acids is 4. The van der Waals surface area contributed by atoms with Gasteiger partial charge in [0.2, 0.25) is 17.8 Å². The van der Waals surface area contributed by atoms with Crippen molar-refractivity contribution in [3.05, 3.63) is 119 Å². The maximum absolute atomic E-state index is 15.4. The lowest BCUT2D eigenvalue weighted by atomic mass is 9.94. The largest absolute Gasteiger partial charge is 0.495 e. The molecule has 3 aliphatic heterocycles. The van der Waals surface area contributed by atoms with Gasteiger partial charge in [0.1, 0.15) is 29.2 Å². The minimum absolute atomic E-state index is 0.0407. The van der Waals surface area contributed by atoms with Gasteiger partial charge in [-0.15, -0.1) is 0 Å². The predicted octanol–water partition coefficient (Wildman–Crippen LogP) is 6.57. The number of nitrogens with one attached hydrogen (secondary N) is 6. The third kappa shape index (κ3) is 11.6. The summed E-state index contributed by atoms with van der Waals surface area (Å²) in [5, 5.41) is 15.4. The van der Waals surface area contributed by atoms with Gasteiger partial charge < -0.3 is 30.9 Å². The molecular weight excluding hydrogens is 875 g/mol. The topological polar surface area (TPSA) is 185 Å². The zero-order chi connectivity index (χ0) is 47.0. The number of nitrogens with zero attached hydrogens (tertiary/aromatic N) is 5. The first-order valence-corrected chi connectivity index (χ1v) is 21.9. The van der Waals surface area contributed by atoms with Gasteiger partial charge in [-0.1, -0.05) is 12.1 Å². The van der Waals surface area contributed by atoms with Crippen molar-refractivity contribution in [1.82, 2.24) is 30.6 Å². The molecule has 67 heavy (non-hydrogen) atoms. The fourth-order valence-corrected chi connectivity index (χ4v) is 8.24. The third-order valence-electron chi connectivity index (χ3n) is 12.0. The van der Waals surface area contributed by atoms with Crippen molar-refractivity contribution in [3.63, 3.8) is 0 Å². The fraction of sp³-hybridized carbons (Fsp3) is 0.319. The van der Waals surface area contributed by atoms with E-state index in [4.69, 9.17) is 4.74 Å². The Kier molecular flexibility index (Phi) is 14.4. The number of hydrogen-bond acceptors (Lipinski definition) is 13. The van der Waals surface area contributed by atoms with Gasteiger partial charge in [0, 0.05) is 74.9 Å².